The number of carbonyl (C=O) groups excluding carboxylic acids is 1. The fourth-order valence-corrected chi connectivity index (χ4v) is 4.76. The van der Waals surface area contributed by atoms with Crippen LogP contribution in [0.15, 0.2) is 47.4 Å². The van der Waals surface area contributed by atoms with Crippen molar-refractivity contribution in [3.8, 4) is 5.75 Å². The van der Waals surface area contributed by atoms with Crippen molar-refractivity contribution in [2.75, 3.05) is 27.7 Å². The number of sulfonamides is 1. The zero-order chi connectivity index (χ0) is 19.6. The van der Waals surface area contributed by atoms with Gasteiger partial charge in [-0.05, 0) is 42.2 Å². The third-order valence-electron chi connectivity index (χ3n) is 4.76. The van der Waals surface area contributed by atoms with Crippen molar-refractivity contribution in [3.63, 3.8) is 0 Å². The van der Waals surface area contributed by atoms with Gasteiger partial charge in [-0.25, -0.2) is 8.42 Å². The molecule has 2 aromatic carbocycles. The number of fused-ring (bicyclic) bond motifs is 1. The van der Waals surface area contributed by atoms with Crippen LogP contribution in [0.2, 0.25) is 0 Å². The number of amides is 1. The molecule has 2 aromatic rings. The maximum Gasteiger partial charge on any atom is 0.257 e. The molecule has 1 amide bonds. The van der Waals surface area contributed by atoms with E-state index in [0.29, 0.717) is 18.8 Å². The summed E-state index contributed by atoms with van der Waals surface area (Å²) in [6.45, 7) is 0.779. The van der Waals surface area contributed by atoms with Crippen LogP contribution in [0.1, 0.15) is 27.9 Å². The summed E-state index contributed by atoms with van der Waals surface area (Å²) in [6.07, 6.45) is 1.62. The number of rotatable bonds is 4. The molecule has 0 radical (unpaired) electrons. The van der Waals surface area contributed by atoms with Crippen LogP contribution in [0, 0.1) is 0 Å². The molecule has 0 unspecified atom stereocenters. The molecule has 0 aliphatic carbocycles. The lowest BCUT2D eigenvalue weighted by Crippen LogP contribution is -2.31. The number of nitrogens with zero attached hydrogens (tertiary/aromatic N) is 2. The quantitative estimate of drug-likeness (QED) is 0.807. The predicted molar refractivity (Wildman–Crippen MR) is 103 cm³/mol. The molecular weight excluding hydrogens is 364 g/mol. The van der Waals surface area contributed by atoms with Crippen LogP contribution in [0.5, 0.6) is 5.75 Å². The van der Waals surface area contributed by atoms with E-state index in [1.54, 1.807) is 14.1 Å². The molecule has 0 atom stereocenters. The van der Waals surface area contributed by atoms with Crippen molar-refractivity contribution >= 4 is 15.9 Å². The molecule has 27 heavy (non-hydrogen) atoms. The monoisotopic (exact) mass is 388 g/mol. The van der Waals surface area contributed by atoms with Crippen molar-refractivity contribution in [2.24, 2.45) is 0 Å². The van der Waals surface area contributed by atoms with E-state index in [1.165, 1.54) is 40.1 Å². The summed E-state index contributed by atoms with van der Waals surface area (Å²) in [5.74, 6) is 0.0546. The smallest absolute Gasteiger partial charge is 0.257 e. The molecule has 1 aliphatic rings. The summed E-state index contributed by atoms with van der Waals surface area (Å²) in [5, 5.41) is 0. The predicted octanol–water partition coefficient (Wildman–Crippen LogP) is 2.53. The standard InChI is InChI=1S/C20H24N2O4S/c1-21(2)20(23)18-13-17(10-11-19(18)26-3)27(24,25)22-12-6-9-15-7-4-5-8-16(15)14-22/h4-5,7-8,10-11,13H,6,9,12,14H2,1-3H3. The highest BCUT2D eigenvalue weighted by atomic mass is 32.2. The normalized spacial score (nSPS) is 14.9. The van der Waals surface area contributed by atoms with Gasteiger partial charge in [0.15, 0.2) is 0 Å². The third kappa shape index (κ3) is 3.84. The zero-order valence-corrected chi connectivity index (χ0v) is 16.6. The van der Waals surface area contributed by atoms with Gasteiger partial charge in [0.05, 0.1) is 17.6 Å². The molecule has 0 N–H and O–H groups in total. The average molecular weight is 388 g/mol. The molecule has 1 heterocycles. The second kappa shape index (κ2) is 7.70. The summed E-state index contributed by atoms with van der Waals surface area (Å²) in [7, 11) is 0.972. The van der Waals surface area contributed by atoms with Gasteiger partial charge in [0.2, 0.25) is 10.0 Å². The van der Waals surface area contributed by atoms with Crippen LogP contribution in [-0.2, 0) is 23.0 Å². The lowest BCUT2D eigenvalue weighted by Gasteiger charge is -2.22. The molecule has 144 valence electrons. The van der Waals surface area contributed by atoms with Crippen molar-refractivity contribution in [2.45, 2.75) is 24.3 Å². The van der Waals surface area contributed by atoms with Gasteiger partial charge >= 0.3 is 0 Å². The molecule has 0 spiro atoms. The Balaban J connectivity index is 2.00. The van der Waals surface area contributed by atoms with E-state index in [1.807, 2.05) is 24.3 Å². The van der Waals surface area contributed by atoms with Gasteiger partial charge in [-0.3, -0.25) is 4.79 Å². The lowest BCUT2D eigenvalue weighted by molar-refractivity contribution is 0.0824. The van der Waals surface area contributed by atoms with Crippen LogP contribution < -0.4 is 4.74 Å². The van der Waals surface area contributed by atoms with Crippen molar-refractivity contribution in [3.05, 3.63) is 59.2 Å². The summed E-state index contributed by atoms with van der Waals surface area (Å²) < 4.78 is 33.2. The molecule has 3 rings (SSSR count). The highest BCUT2D eigenvalue weighted by Crippen LogP contribution is 2.28. The maximum absolute atomic E-state index is 13.3. The van der Waals surface area contributed by atoms with Crippen molar-refractivity contribution < 1.29 is 17.9 Å². The largest absolute Gasteiger partial charge is 0.496 e. The van der Waals surface area contributed by atoms with E-state index in [-0.39, 0.29) is 16.4 Å². The van der Waals surface area contributed by atoms with Gasteiger partial charge in [0.1, 0.15) is 5.75 Å². The van der Waals surface area contributed by atoms with Gasteiger partial charge in [0, 0.05) is 27.2 Å². The second-order valence-electron chi connectivity index (χ2n) is 6.77. The van der Waals surface area contributed by atoms with Gasteiger partial charge in [-0.1, -0.05) is 24.3 Å². The first-order valence-electron chi connectivity index (χ1n) is 8.81. The van der Waals surface area contributed by atoms with Gasteiger partial charge in [-0.2, -0.15) is 4.31 Å². The fourth-order valence-electron chi connectivity index (χ4n) is 3.28. The minimum absolute atomic E-state index is 0.105. The Kier molecular flexibility index (Phi) is 5.53. The minimum Gasteiger partial charge on any atom is -0.496 e. The zero-order valence-electron chi connectivity index (χ0n) is 15.8. The molecule has 0 saturated heterocycles. The number of hydrogen-bond donors (Lipinski definition) is 0. The Morgan fingerprint density at radius 2 is 1.81 bits per heavy atom. The topological polar surface area (TPSA) is 66.9 Å². The summed E-state index contributed by atoms with van der Waals surface area (Å²) in [5.41, 5.74) is 2.45. The summed E-state index contributed by atoms with van der Waals surface area (Å²) >= 11 is 0. The second-order valence-corrected chi connectivity index (χ2v) is 8.71. The molecule has 0 aromatic heterocycles. The van der Waals surface area contributed by atoms with Crippen LogP contribution >= 0.6 is 0 Å². The molecule has 1 aliphatic heterocycles. The third-order valence-corrected chi connectivity index (χ3v) is 6.61. The fraction of sp³-hybridized carbons (Fsp3) is 0.350. The molecule has 0 bridgehead atoms. The van der Waals surface area contributed by atoms with Crippen LogP contribution in [0.4, 0.5) is 0 Å². The van der Waals surface area contributed by atoms with Crippen LogP contribution in [0.25, 0.3) is 0 Å². The summed E-state index contributed by atoms with van der Waals surface area (Å²) in [4.78, 5) is 13.9. The number of hydrogen-bond acceptors (Lipinski definition) is 4. The number of ether oxygens (including phenoxy) is 1. The molecule has 0 saturated carbocycles. The van der Waals surface area contributed by atoms with E-state index in [0.717, 1.165) is 18.4 Å². The Morgan fingerprint density at radius 3 is 2.48 bits per heavy atom. The number of aryl methyl sites for hydroxylation is 1. The van der Waals surface area contributed by atoms with E-state index in [9.17, 15) is 13.2 Å². The van der Waals surface area contributed by atoms with E-state index >= 15 is 0 Å². The summed E-state index contributed by atoms with van der Waals surface area (Å²) in [6, 6.07) is 12.4. The Labute approximate surface area is 160 Å². The SMILES string of the molecule is COc1ccc(S(=O)(=O)N2CCCc3ccccc3C2)cc1C(=O)N(C)C. The van der Waals surface area contributed by atoms with Gasteiger partial charge < -0.3 is 9.64 Å². The number of methoxy groups -OCH3 is 1. The molecule has 7 heteroatoms. The first-order chi connectivity index (χ1) is 12.8. The van der Waals surface area contributed by atoms with E-state index < -0.39 is 10.0 Å². The molecule has 0 fully saturated rings. The average Bonchev–Trinajstić information content (AvgIpc) is 2.89. The van der Waals surface area contributed by atoms with Crippen molar-refractivity contribution in [1.82, 2.24) is 9.21 Å². The number of benzene rings is 2. The maximum atomic E-state index is 13.3. The first kappa shape index (κ1) is 19.4. The van der Waals surface area contributed by atoms with E-state index in [4.69, 9.17) is 4.74 Å². The van der Waals surface area contributed by atoms with Gasteiger partial charge in [-0.15, -0.1) is 0 Å². The highest BCUT2D eigenvalue weighted by Gasteiger charge is 2.28. The van der Waals surface area contributed by atoms with Gasteiger partial charge in [0.25, 0.3) is 5.91 Å². The Morgan fingerprint density at radius 1 is 1.11 bits per heavy atom. The minimum atomic E-state index is -3.73. The number of carbonyl (C=O) groups is 1. The molecular formula is C20H24N2O4S. The first-order valence-corrected chi connectivity index (χ1v) is 10.2. The van der Waals surface area contributed by atoms with Crippen LogP contribution in [-0.4, -0.2) is 51.3 Å². The Hall–Kier alpha value is -2.38. The lowest BCUT2D eigenvalue weighted by atomic mass is 10.0. The highest BCUT2D eigenvalue weighted by molar-refractivity contribution is 7.89. The van der Waals surface area contributed by atoms with E-state index in [2.05, 4.69) is 0 Å². The molecule has 6 nitrogen and oxygen atoms in total. The Bertz CT molecular complexity index is 954. The van der Waals surface area contributed by atoms with Crippen molar-refractivity contribution in [1.29, 1.82) is 0 Å². The van der Waals surface area contributed by atoms with Crippen LogP contribution in [0.3, 0.4) is 0 Å².